The molecule has 4 rings (SSSR count). The number of aliphatic carboxylic acids is 1. The first-order valence-electron chi connectivity index (χ1n) is 11.4. The van der Waals surface area contributed by atoms with Crippen molar-refractivity contribution in [2.45, 2.75) is 57.5 Å². The second-order valence-electron chi connectivity index (χ2n) is 10.2. The number of carboxylic acid groups (broad SMARTS) is 1. The van der Waals surface area contributed by atoms with Gasteiger partial charge in [0.25, 0.3) is 0 Å². The van der Waals surface area contributed by atoms with Crippen LogP contribution in [0, 0.1) is 10.7 Å². The van der Waals surface area contributed by atoms with Crippen molar-refractivity contribution < 1.29 is 22.9 Å². The van der Waals surface area contributed by atoms with Gasteiger partial charge in [0.2, 0.25) is 5.89 Å². The fourth-order valence-corrected chi connectivity index (χ4v) is 5.88. The van der Waals surface area contributed by atoms with Crippen LogP contribution in [0.1, 0.15) is 57.5 Å². The molecule has 0 radical (unpaired) electrons. The third-order valence-electron chi connectivity index (χ3n) is 6.63. The lowest BCUT2D eigenvalue weighted by Crippen LogP contribution is -2.39. The van der Waals surface area contributed by atoms with Crippen LogP contribution in [0.5, 0.6) is 0 Å². The molecule has 2 aliphatic rings. The third kappa shape index (κ3) is 5.08. The molecule has 1 saturated heterocycles. The molecular formula is C24H32FN3O4S. The number of alkyl halides is 1. The van der Waals surface area contributed by atoms with E-state index in [1.165, 1.54) is 0 Å². The molecule has 33 heavy (non-hydrogen) atoms. The normalized spacial score (nSPS) is 25.7. The van der Waals surface area contributed by atoms with Gasteiger partial charge in [0.15, 0.2) is 5.76 Å². The summed E-state index contributed by atoms with van der Waals surface area (Å²) in [5.74, 6) is -0.431. The number of benzene rings is 1. The Morgan fingerprint density at radius 2 is 1.85 bits per heavy atom. The number of halogens is 1. The summed E-state index contributed by atoms with van der Waals surface area (Å²) < 4.78 is 40.0. The highest BCUT2D eigenvalue weighted by atomic mass is 32.2. The number of hydrogen-bond donors (Lipinski definition) is 2. The fraction of sp³-hybridized carbons (Fsp3) is 0.583. The highest BCUT2D eigenvalue weighted by Crippen LogP contribution is 2.44. The van der Waals surface area contributed by atoms with Crippen LogP contribution in [0.4, 0.5) is 10.1 Å². The second kappa shape index (κ2) is 8.74. The molecule has 0 spiro atoms. The van der Waals surface area contributed by atoms with E-state index in [4.69, 9.17) is 14.2 Å². The zero-order valence-electron chi connectivity index (χ0n) is 19.3. The van der Waals surface area contributed by atoms with Gasteiger partial charge in [-0.05, 0) is 43.5 Å². The molecule has 7 nitrogen and oxygen atoms in total. The fourth-order valence-electron chi connectivity index (χ4n) is 4.64. The molecule has 2 heterocycles. The molecule has 1 saturated carbocycles. The Morgan fingerprint density at radius 3 is 2.42 bits per heavy atom. The molecule has 1 aliphatic carbocycles. The van der Waals surface area contributed by atoms with Crippen LogP contribution in [0.15, 0.2) is 28.7 Å². The quantitative estimate of drug-likeness (QED) is 0.654. The predicted octanol–water partition coefficient (Wildman–Crippen LogP) is 4.81. The van der Waals surface area contributed by atoms with Crippen molar-refractivity contribution >= 4 is 21.4 Å². The molecule has 2 N–H and O–H groups in total. The summed E-state index contributed by atoms with van der Waals surface area (Å²) in [7, 11) is -2.46. The molecule has 2 aromatic rings. The zero-order valence-corrected chi connectivity index (χ0v) is 20.2. The SMILES string of the molecule is CC(C)(C)c1nc(C2CCC(F)CC2C(=O)O)c(-c2ccc(N3CCS(=N)(=O)CC3)cc2)o1. The lowest BCUT2D eigenvalue weighted by Gasteiger charge is -2.30. The molecule has 2 fully saturated rings. The van der Waals surface area contributed by atoms with Crippen LogP contribution in [0.25, 0.3) is 11.3 Å². The number of oxazole rings is 1. The standard InChI is InChI=1S/C24H32FN3O4S/c1-24(2,3)23-27-20(18-9-6-16(25)14-19(18)22(29)30)21(32-23)15-4-7-17(8-5-15)28-10-12-33(26,31)13-11-28/h4-5,7-8,16,18-19,26H,6,9-14H2,1-3H3,(H,29,30). The Balaban J connectivity index is 1.68. The maximum atomic E-state index is 14.0. The van der Waals surface area contributed by atoms with E-state index in [0.717, 1.165) is 11.3 Å². The summed E-state index contributed by atoms with van der Waals surface area (Å²) in [5.41, 5.74) is 2.01. The van der Waals surface area contributed by atoms with Crippen LogP contribution in [-0.2, 0) is 19.9 Å². The number of hydrogen-bond acceptors (Lipinski definition) is 6. The molecular weight excluding hydrogens is 445 g/mol. The summed E-state index contributed by atoms with van der Waals surface area (Å²) in [4.78, 5) is 18.8. The van der Waals surface area contributed by atoms with Gasteiger partial charge in [0.1, 0.15) is 6.17 Å². The molecule has 3 atom stereocenters. The number of aromatic nitrogens is 1. The van der Waals surface area contributed by atoms with Gasteiger partial charge < -0.3 is 14.4 Å². The Bertz CT molecular complexity index is 1110. The van der Waals surface area contributed by atoms with Gasteiger partial charge in [-0.1, -0.05) is 20.8 Å². The van der Waals surface area contributed by atoms with Crippen LogP contribution in [0.2, 0.25) is 0 Å². The first-order chi connectivity index (χ1) is 15.4. The summed E-state index contributed by atoms with van der Waals surface area (Å²) in [6.45, 7) is 7.13. The van der Waals surface area contributed by atoms with Crippen LogP contribution < -0.4 is 4.90 Å². The highest BCUT2D eigenvalue weighted by molar-refractivity contribution is 7.92. The number of nitrogens with one attached hydrogen (secondary N) is 1. The van der Waals surface area contributed by atoms with E-state index in [9.17, 15) is 18.5 Å². The smallest absolute Gasteiger partial charge is 0.307 e. The average molecular weight is 478 g/mol. The molecule has 180 valence electrons. The van der Waals surface area contributed by atoms with Crippen molar-refractivity contribution in [2.75, 3.05) is 29.5 Å². The third-order valence-corrected chi connectivity index (χ3v) is 8.31. The number of nitrogens with zero attached hydrogens (tertiary/aromatic N) is 2. The van der Waals surface area contributed by atoms with E-state index < -0.39 is 33.7 Å². The van der Waals surface area contributed by atoms with Gasteiger partial charge in [0.05, 0.1) is 11.6 Å². The largest absolute Gasteiger partial charge is 0.481 e. The minimum absolute atomic E-state index is 0.00968. The Hall–Kier alpha value is -2.42. The minimum atomic E-state index is -2.46. The van der Waals surface area contributed by atoms with Crippen molar-refractivity contribution in [1.82, 2.24) is 4.98 Å². The Labute approximate surface area is 194 Å². The van der Waals surface area contributed by atoms with Gasteiger partial charge >= 0.3 is 5.97 Å². The Morgan fingerprint density at radius 1 is 1.21 bits per heavy atom. The van der Waals surface area contributed by atoms with Crippen LogP contribution >= 0.6 is 0 Å². The van der Waals surface area contributed by atoms with Gasteiger partial charge in [-0.3, -0.25) is 9.57 Å². The second-order valence-corrected chi connectivity index (χ2v) is 12.6. The minimum Gasteiger partial charge on any atom is -0.481 e. The van der Waals surface area contributed by atoms with Gasteiger partial charge in [-0.25, -0.2) is 13.6 Å². The zero-order chi connectivity index (χ0) is 24.0. The summed E-state index contributed by atoms with van der Waals surface area (Å²) in [6, 6.07) is 7.77. The topological polar surface area (TPSA) is 107 Å². The molecule has 0 bridgehead atoms. The predicted molar refractivity (Wildman–Crippen MR) is 126 cm³/mol. The van der Waals surface area contributed by atoms with Crippen molar-refractivity contribution in [3.63, 3.8) is 0 Å². The van der Waals surface area contributed by atoms with E-state index in [1.807, 2.05) is 45.0 Å². The van der Waals surface area contributed by atoms with Crippen molar-refractivity contribution in [3.8, 4) is 11.3 Å². The number of carboxylic acids is 1. The van der Waals surface area contributed by atoms with E-state index in [-0.39, 0.29) is 11.8 Å². The molecule has 3 unspecified atom stereocenters. The van der Waals surface area contributed by atoms with E-state index in [2.05, 4.69) is 4.90 Å². The molecule has 1 aliphatic heterocycles. The lowest BCUT2D eigenvalue weighted by atomic mass is 9.76. The summed E-state index contributed by atoms with van der Waals surface area (Å²) >= 11 is 0. The van der Waals surface area contributed by atoms with Crippen LogP contribution in [0.3, 0.4) is 0 Å². The number of anilines is 1. The van der Waals surface area contributed by atoms with Gasteiger partial charge in [0, 0.05) is 56.9 Å². The molecule has 0 amide bonds. The number of rotatable bonds is 4. The van der Waals surface area contributed by atoms with E-state index in [1.54, 1.807) is 0 Å². The Kier molecular flexibility index (Phi) is 6.28. The summed E-state index contributed by atoms with van der Waals surface area (Å²) in [6.07, 6.45) is -0.385. The molecule has 1 aromatic heterocycles. The summed E-state index contributed by atoms with van der Waals surface area (Å²) in [5, 5.41) is 9.77. The first-order valence-corrected chi connectivity index (χ1v) is 13.3. The van der Waals surface area contributed by atoms with Crippen molar-refractivity contribution in [2.24, 2.45) is 5.92 Å². The van der Waals surface area contributed by atoms with Gasteiger partial charge in [-0.2, -0.15) is 0 Å². The monoisotopic (exact) mass is 477 g/mol. The van der Waals surface area contributed by atoms with Crippen LogP contribution in [-0.4, -0.2) is 51.0 Å². The first kappa shape index (κ1) is 23.7. The maximum Gasteiger partial charge on any atom is 0.307 e. The molecule has 9 heteroatoms. The van der Waals surface area contributed by atoms with E-state index in [0.29, 0.717) is 54.8 Å². The average Bonchev–Trinajstić information content (AvgIpc) is 3.20. The van der Waals surface area contributed by atoms with Crippen molar-refractivity contribution in [1.29, 1.82) is 4.78 Å². The maximum absolute atomic E-state index is 14.0. The van der Waals surface area contributed by atoms with Gasteiger partial charge in [-0.15, -0.1) is 0 Å². The lowest BCUT2D eigenvalue weighted by molar-refractivity contribution is -0.144. The van der Waals surface area contributed by atoms with E-state index >= 15 is 0 Å². The molecule has 1 aromatic carbocycles. The van der Waals surface area contributed by atoms with Crippen molar-refractivity contribution in [3.05, 3.63) is 35.9 Å². The number of carbonyl (C=O) groups is 1. The highest BCUT2D eigenvalue weighted by Gasteiger charge is 2.40.